The molecule has 0 aromatic heterocycles. The Kier molecular flexibility index (Phi) is 8.39. The fourth-order valence-electron chi connectivity index (χ4n) is 7.69. The van der Waals surface area contributed by atoms with Gasteiger partial charge >= 0.3 is 6.03 Å². The lowest BCUT2D eigenvalue weighted by atomic mass is 9.76. The first kappa shape index (κ1) is 25.8. The average Bonchev–Trinajstić information content (AvgIpc) is 2.91. The van der Waals surface area contributed by atoms with Crippen LogP contribution in [0.4, 0.5) is 4.79 Å². The summed E-state index contributed by atoms with van der Waals surface area (Å²) in [5.74, 6) is 1.33. The molecule has 3 atom stereocenters. The molecule has 2 bridgehead atoms. The monoisotopic (exact) mass is 501 g/mol. The number of nitrogens with zero attached hydrogens (tertiary/aromatic N) is 4. The fraction of sp³-hybridized carbons (Fsp3) is 0.893. The number of hydrogen-bond acceptors (Lipinski definition) is 4. The highest BCUT2D eigenvalue weighted by molar-refractivity contribution is 5.80. The lowest BCUT2D eigenvalue weighted by molar-refractivity contribution is -0.144. The summed E-state index contributed by atoms with van der Waals surface area (Å²) in [6, 6.07) is 1.19. The normalized spacial score (nSPS) is 29.9. The number of carbonyl (C=O) groups excluding carboxylic acids is 3. The van der Waals surface area contributed by atoms with E-state index in [1.54, 1.807) is 0 Å². The second kappa shape index (κ2) is 11.7. The molecule has 5 rings (SSSR count). The zero-order chi connectivity index (χ0) is 25.1. The predicted octanol–water partition coefficient (Wildman–Crippen LogP) is 2.92. The van der Waals surface area contributed by atoms with Crippen molar-refractivity contribution in [3.05, 3.63) is 0 Å². The van der Waals surface area contributed by atoms with E-state index in [4.69, 9.17) is 0 Å². The Morgan fingerprint density at radius 2 is 1.72 bits per heavy atom. The van der Waals surface area contributed by atoms with Gasteiger partial charge in [-0.3, -0.25) is 9.59 Å². The van der Waals surface area contributed by atoms with E-state index < -0.39 is 0 Å². The standard InChI is InChI=1S/C28H47N5O3/c1-30(24-7-3-2-4-8-24)14-6-13-29-27(35)22-11-15-31(16-12-22)28(36)32-18-21-17-23(20-32)25-9-5-10-26(34)33(25)19-21/h21-25H,2-20H2,1H3,(H,29,35)/t21?,23?,25-/m1/s1. The van der Waals surface area contributed by atoms with Gasteiger partial charge in [-0.15, -0.1) is 0 Å². The zero-order valence-electron chi connectivity index (χ0n) is 22.3. The lowest BCUT2D eigenvalue weighted by Gasteiger charge is -2.53. The number of urea groups is 1. The number of amides is 4. The molecule has 2 unspecified atom stereocenters. The Labute approximate surface area is 217 Å². The van der Waals surface area contributed by atoms with Gasteiger partial charge in [-0.05, 0) is 76.8 Å². The molecule has 8 nitrogen and oxygen atoms in total. The Hall–Kier alpha value is -1.83. The van der Waals surface area contributed by atoms with Crippen molar-refractivity contribution in [2.45, 2.75) is 89.1 Å². The van der Waals surface area contributed by atoms with Crippen molar-refractivity contribution in [1.29, 1.82) is 0 Å². The van der Waals surface area contributed by atoms with Crippen LogP contribution < -0.4 is 5.32 Å². The van der Waals surface area contributed by atoms with E-state index in [1.165, 1.54) is 32.1 Å². The van der Waals surface area contributed by atoms with Crippen molar-refractivity contribution >= 4 is 17.8 Å². The second-order valence-corrected chi connectivity index (χ2v) is 12.2. The lowest BCUT2D eigenvalue weighted by Crippen LogP contribution is -2.62. The molecule has 202 valence electrons. The van der Waals surface area contributed by atoms with Crippen molar-refractivity contribution in [3.63, 3.8) is 0 Å². The van der Waals surface area contributed by atoms with Crippen molar-refractivity contribution in [2.24, 2.45) is 17.8 Å². The molecule has 4 amide bonds. The van der Waals surface area contributed by atoms with Crippen LogP contribution in [0.15, 0.2) is 0 Å². The summed E-state index contributed by atoms with van der Waals surface area (Å²) in [5, 5.41) is 3.16. The molecule has 0 spiro atoms. The number of piperidine rings is 4. The van der Waals surface area contributed by atoms with E-state index in [9.17, 15) is 14.4 Å². The van der Waals surface area contributed by atoms with E-state index in [-0.39, 0.29) is 17.9 Å². The van der Waals surface area contributed by atoms with Gasteiger partial charge in [0.25, 0.3) is 0 Å². The maximum Gasteiger partial charge on any atom is 0.320 e. The molecule has 1 aliphatic carbocycles. The Morgan fingerprint density at radius 3 is 2.50 bits per heavy atom. The Morgan fingerprint density at radius 1 is 0.944 bits per heavy atom. The molecule has 5 aliphatic rings. The van der Waals surface area contributed by atoms with Gasteiger partial charge in [-0.25, -0.2) is 4.79 Å². The SMILES string of the molecule is CN(CCCNC(=O)C1CCN(C(=O)N2CC3CC(C2)[C@H]2CCCC(=O)N2C3)CC1)C1CCCCC1. The maximum absolute atomic E-state index is 13.4. The quantitative estimate of drug-likeness (QED) is 0.568. The van der Waals surface area contributed by atoms with Crippen LogP contribution in [0.3, 0.4) is 0 Å². The maximum atomic E-state index is 13.4. The summed E-state index contributed by atoms with van der Waals surface area (Å²) < 4.78 is 0. The summed E-state index contributed by atoms with van der Waals surface area (Å²) in [7, 11) is 2.23. The number of carbonyl (C=O) groups is 3. The van der Waals surface area contributed by atoms with Gasteiger partial charge in [0, 0.05) is 63.7 Å². The van der Waals surface area contributed by atoms with Gasteiger partial charge in [0.2, 0.25) is 11.8 Å². The average molecular weight is 502 g/mol. The third kappa shape index (κ3) is 5.84. The smallest absolute Gasteiger partial charge is 0.320 e. The minimum Gasteiger partial charge on any atom is -0.356 e. The molecule has 8 heteroatoms. The van der Waals surface area contributed by atoms with Crippen molar-refractivity contribution in [3.8, 4) is 0 Å². The van der Waals surface area contributed by atoms with E-state index in [2.05, 4.69) is 27.1 Å². The predicted molar refractivity (Wildman–Crippen MR) is 139 cm³/mol. The van der Waals surface area contributed by atoms with Crippen LogP contribution in [0.1, 0.15) is 77.0 Å². The van der Waals surface area contributed by atoms with Gasteiger partial charge in [0.1, 0.15) is 0 Å². The Bertz CT molecular complexity index is 792. The molecule has 0 radical (unpaired) electrons. The first-order valence-corrected chi connectivity index (χ1v) is 14.8. The molecule has 5 fully saturated rings. The van der Waals surface area contributed by atoms with Gasteiger partial charge in [0.15, 0.2) is 0 Å². The molecule has 4 heterocycles. The number of likely N-dealkylation sites (tertiary alicyclic amines) is 2. The molecular weight excluding hydrogens is 454 g/mol. The molecule has 1 N–H and O–H groups in total. The van der Waals surface area contributed by atoms with Crippen LogP contribution in [0.25, 0.3) is 0 Å². The number of rotatable bonds is 6. The number of hydrogen-bond donors (Lipinski definition) is 1. The van der Waals surface area contributed by atoms with Crippen LogP contribution >= 0.6 is 0 Å². The van der Waals surface area contributed by atoms with Crippen LogP contribution in [-0.2, 0) is 9.59 Å². The highest BCUT2D eigenvalue weighted by atomic mass is 16.2. The van der Waals surface area contributed by atoms with Gasteiger partial charge in [-0.2, -0.15) is 0 Å². The van der Waals surface area contributed by atoms with Crippen molar-refractivity contribution in [1.82, 2.24) is 24.9 Å². The van der Waals surface area contributed by atoms with Crippen LogP contribution in [-0.4, -0.2) is 102 Å². The van der Waals surface area contributed by atoms with Crippen LogP contribution in [0.5, 0.6) is 0 Å². The largest absolute Gasteiger partial charge is 0.356 e. The van der Waals surface area contributed by atoms with E-state index >= 15 is 0 Å². The zero-order valence-corrected chi connectivity index (χ0v) is 22.3. The third-order valence-corrected chi connectivity index (χ3v) is 9.77. The second-order valence-electron chi connectivity index (χ2n) is 12.2. The van der Waals surface area contributed by atoms with Gasteiger partial charge in [0.05, 0.1) is 0 Å². The van der Waals surface area contributed by atoms with Gasteiger partial charge in [-0.1, -0.05) is 19.3 Å². The molecule has 4 aliphatic heterocycles. The number of nitrogens with one attached hydrogen (secondary N) is 1. The third-order valence-electron chi connectivity index (χ3n) is 9.77. The summed E-state index contributed by atoms with van der Waals surface area (Å²) in [6.45, 7) is 5.49. The fourth-order valence-corrected chi connectivity index (χ4v) is 7.69. The summed E-state index contributed by atoms with van der Waals surface area (Å²) in [4.78, 5) is 47.1. The molecule has 1 saturated carbocycles. The van der Waals surface area contributed by atoms with Gasteiger partial charge < -0.3 is 24.9 Å². The molecule has 0 aromatic rings. The van der Waals surface area contributed by atoms with Crippen molar-refractivity contribution in [2.75, 3.05) is 52.9 Å². The molecule has 0 aromatic carbocycles. The highest BCUT2D eigenvalue weighted by Gasteiger charge is 2.45. The first-order chi connectivity index (χ1) is 17.5. The highest BCUT2D eigenvalue weighted by Crippen LogP contribution is 2.38. The summed E-state index contributed by atoms with van der Waals surface area (Å²) >= 11 is 0. The molecular formula is C28H47N5O3. The summed E-state index contributed by atoms with van der Waals surface area (Å²) in [6.07, 6.45) is 13.1. The first-order valence-electron chi connectivity index (χ1n) is 14.8. The number of fused-ring (bicyclic) bond motifs is 4. The topological polar surface area (TPSA) is 76.2 Å². The minimum atomic E-state index is 0.0210. The molecule has 36 heavy (non-hydrogen) atoms. The van der Waals surface area contributed by atoms with E-state index in [0.29, 0.717) is 43.3 Å². The van der Waals surface area contributed by atoms with Crippen LogP contribution in [0.2, 0.25) is 0 Å². The summed E-state index contributed by atoms with van der Waals surface area (Å²) in [5.41, 5.74) is 0. The van der Waals surface area contributed by atoms with E-state index in [1.807, 2.05) is 4.90 Å². The van der Waals surface area contributed by atoms with Crippen LogP contribution in [0, 0.1) is 17.8 Å². The Balaban J connectivity index is 1.02. The van der Waals surface area contributed by atoms with Crippen molar-refractivity contribution < 1.29 is 14.4 Å². The molecule has 4 saturated heterocycles. The minimum absolute atomic E-state index is 0.0210. The van der Waals surface area contributed by atoms with E-state index in [0.717, 1.165) is 77.3 Å².